The first kappa shape index (κ1) is 10.1. The van der Waals surface area contributed by atoms with Crippen molar-refractivity contribution in [1.29, 1.82) is 0 Å². The third-order valence-corrected chi connectivity index (χ3v) is 2.28. The molecular weight excluding hydrogens is 219 g/mol. The van der Waals surface area contributed by atoms with Crippen molar-refractivity contribution >= 4 is 11.6 Å². The van der Waals surface area contributed by atoms with E-state index in [2.05, 4.69) is 9.97 Å². The molecule has 0 radical (unpaired) electrons. The van der Waals surface area contributed by atoms with Crippen LogP contribution < -0.4 is 0 Å². The molecule has 0 aliphatic carbocycles. The number of imidazole rings is 1. The van der Waals surface area contributed by atoms with Crippen molar-refractivity contribution in [1.82, 2.24) is 9.97 Å². The number of hydrogen-bond donors (Lipinski definition) is 2. The smallest absolute Gasteiger partial charge is 0.141 e. The number of nitrogens with zero attached hydrogens (tertiary/aromatic N) is 1. The number of halogens is 2. The number of aliphatic hydroxyl groups is 1. The van der Waals surface area contributed by atoms with E-state index >= 15 is 0 Å². The molecule has 2 rings (SSSR count). The van der Waals surface area contributed by atoms with Crippen LogP contribution in [-0.2, 0) is 6.61 Å². The lowest BCUT2D eigenvalue weighted by Gasteiger charge is -1.98. The molecule has 2 N–H and O–H groups in total. The van der Waals surface area contributed by atoms with Gasteiger partial charge in [-0.1, -0.05) is 11.6 Å². The fourth-order valence-electron chi connectivity index (χ4n) is 1.23. The van der Waals surface area contributed by atoms with Crippen LogP contribution >= 0.6 is 11.6 Å². The Labute approximate surface area is 90.5 Å². The predicted molar refractivity (Wildman–Crippen MR) is 54.9 cm³/mol. The molecule has 0 aliphatic rings. The summed E-state index contributed by atoms with van der Waals surface area (Å²) in [5.41, 5.74) is 1.28. The number of benzene rings is 1. The molecule has 1 aromatic carbocycles. The molecule has 15 heavy (non-hydrogen) atoms. The van der Waals surface area contributed by atoms with Crippen LogP contribution in [0.15, 0.2) is 24.4 Å². The molecule has 0 saturated heterocycles. The van der Waals surface area contributed by atoms with Crippen LogP contribution in [0.1, 0.15) is 5.69 Å². The lowest BCUT2D eigenvalue weighted by atomic mass is 10.2. The first-order valence-electron chi connectivity index (χ1n) is 4.31. The van der Waals surface area contributed by atoms with Crippen LogP contribution in [0, 0.1) is 5.82 Å². The maximum atomic E-state index is 12.9. The number of nitrogens with one attached hydrogen (secondary N) is 1. The molecular formula is C10H8ClFN2O. The minimum absolute atomic E-state index is 0.0504. The number of aliphatic hydroxyl groups excluding tert-OH is 1. The van der Waals surface area contributed by atoms with Gasteiger partial charge in [0.1, 0.15) is 11.6 Å². The average molecular weight is 227 g/mol. The zero-order chi connectivity index (χ0) is 10.8. The third kappa shape index (κ3) is 2.00. The summed E-state index contributed by atoms with van der Waals surface area (Å²) in [5.74, 6) is 0.0929. The zero-order valence-corrected chi connectivity index (χ0v) is 8.42. The third-order valence-electron chi connectivity index (χ3n) is 1.99. The van der Waals surface area contributed by atoms with Gasteiger partial charge < -0.3 is 10.1 Å². The second-order valence-corrected chi connectivity index (χ2v) is 3.45. The highest BCUT2D eigenvalue weighted by Crippen LogP contribution is 2.22. The summed E-state index contributed by atoms with van der Waals surface area (Å²) in [6.07, 6.45) is 1.52. The molecule has 0 bridgehead atoms. The van der Waals surface area contributed by atoms with Crippen molar-refractivity contribution in [2.45, 2.75) is 6.61 Å². The topological polar surface area (TPSA) is 48.9 Å². The van der Waals surface area contributed by atoms with Crippen LogP contribution in [0.2, 0.25) is 5.02 Å². The second-order valence-electron chi connectivity index (χ2n) is 3.04. The SMILES string of the molecule is OCc1cnc(-c2ccc(F)c(Cl)c2)[nH]1. The summed E-state index contributed by atoms with van der Waals surface area (Å²) in [4.78, 5) is 6.92. The average Bonchev–Trinajstić information content (AvgIpc) is 2.70. The molecule has 0 unspecified atom stereocenters. The van der Waals surface area contributed by atoms with Crippen molar-refractivity contribution < 1.29 is 9.50 Å². The van der Waals surface area contributed by atoms with Crippen molar-refractivity contribution in [3.8, 4) is 11.4 Å². The zero-order valence-electron chi connectivity index (χ0n) is 7.67. The molecule has 1 heterocycles. The van der Waals surface area contributed by atoms with Crippen molar-refractivity contribution in [2.75, 3.05) is 0 Å². The standard InChI is InChI=1S/C10H8ClFN2O/c11-8-3-6(1-2-9(8)12)10-13-4-7(5-15)14-10/h1-4,15H,5H2,(H,13,14). The first-order valence-corrected chi connectivity index (χ1v) is 4.68. The van der Waals surface area contributed by atoms with Crippen LogP contribution in [0.4, 0.5) is 4.39 Å². The minimum Gasteiger partial charge on any atom is -0.390 e. The lowest BCUT2D eigenvalue weighted by Crippen LogP contribution is -1.85. The highest BCUT2D eigenvalue weighted by molar-refractivity contribution is 6.31. The van der Waals surface area contributed by atoms with E-state index in [1.165, 1.54) is 18.3 Å². The molecule has 2 aromatic rings. The fraction of sp³-hybridized carbons (Fsp3) is 0.100. The Kier molecular flexibility index (Phi) is 2.70. The molecule has 0 fully saturated rings. The number of H-pyrrole nitrogens is 1. The van der Waals surface area contributed by atoms with Crippen LogP contribution in [0.5, 0.6) is 0 Å². The molecule has 5 heteroatoms. The van der Waals surface area contributed by atoms with Gasteiger partial charge in [-0.2, -0.15) is 0 Å². The highest BCUT2D eigenvalue weighted by atomic mass is 35.5. The van der Waals surface area contributed by atoms with Gasteiger partial charge in [-0.25, -0.2) is 9.37 Å². The van der Waals surface area contributed by atoms with E-state index in [4.69, 9.17) is 16.7 Å². The highest BCUT2D eigenvalue weighted by Gasteiger charge is 2.06. The predicted octanol–water partition coefficient (Wildman–Crippen LogP) is 2.36. The van der Waals surface area contributed by atoms with Gasteiger partial charge in [0.25, 0.3) is 0 Å². The van der Waals surface area contributed by atoms with Gasteiger partial charge in [-0.05, 0) is 18.2 Å². The molecule has 78 valence electrons. The number of rotatable bonds is 2. The molecule has 0 spiro atoms. The Balaban J connectivity index is 2.40. The minimum atomic E-state index is -0.464. The summed E-state index contributed by atoms with van der Waals surface area (Å²) in [7, 11) is 0. The van der Waals surface area contributed by atoms with Crippen LogP contribution in [0.3, 0.4) is 0 Å². The molecule has 0 atom stereocenters. The summed E-state index contributed by atoms with van der Waals surface area (Å²) >= 11 is 5.64. The summed E-state index contributed by atoms with van der Waals surface area (Å²) in [6.45, 7) is -0.109. The van der Waals surface area contributed by atoms with Gasteiger partial charge >= 0.3 is 0 Å². The quantitative estimate of drug-likeness (QED) is 0.826. The van der Waals surface area contributed by atoms with Gasteiger partial charge in [-0.15, -0.1) is 0 Å². The van der Waals surface area contributed by atoms with E-state index in [0.29, 0.717) is 17.1 Å². The van der Waals surface area contributed by atoms with E-state index in [-0.39, 0.29) is 11.6 Å². The van der Waals surface area contributed by atoms with Crippen LogP contribution in [0.25, 0.3) is 11.4 Å². The Morgan fingerprint density at radius 3 is 2.87 bits per heavy atom. The van der Waals surface area contributed by atoms with E-state index < -0.39 is 5.82 Å². The van der Waals surface area contributed by atoms with E-state index in [0.717, 1.165) is 0 Å². The van der Waals surface area contributed by atoms with E-state index in [1.54, 1.807) is 6.07 Å². The van der Waals surface area contributed by atoms with Crippen LogP contribution in [-0.4, -0.2) is 15.1 Å². The molecule has 1 aromatic heterocycles. The first-order chi connectivity index (χ1) is 7.20. The molecule has 3 nitrogen and oxygen atoms in total. The van der Waals surface area contributed by atoms with Gasteiger partial charge in [0.2, 0.25) is 0 Å². The maximum absolute atomic E-state index is 12.9. The van der Waals surface area contributed by atoms with Crippen molar-refractivity contribution in [3.63, 3.8) is 0 Å². The van der Waals surface area contributed by atoms with E-state index in [9.17, 15) is 4.39 Å². The summed E-state index contributed by atoms with van der Waals surface area (Å²) < 4.78 is 12.9. The summed E-state index contributed by atoms with van der Waals surface area (Å²) in [5, 5.41) is 8.89. The van der Waals surface area contributed by atoms with Crippen molar-refractivity contribution in [3.05, 3.63) is 40.9 Å². The molecule has 0 saturated carbocycles. The number of hydrogen-bond acceptors (Lipinski definition) is 2. The molecule has 0 amide bonds. The van der Waals surface area contributed by atoms with E-state index in [1.807, 2.05) is 0 Å². The lowest BCUT2D eigenvalue weighted by molar-refractivity contribution is 0.277. The van der Waals surface area contributed by atoms with Gasteiger partial charge in [0.05, 0.1) is 23.5 Å². The van der Waals surface area contributed by atoms with Crippen molar-refractivity contribution in [2.24, 2.45) is 0 Å². The van der Waals surface area contributed by atoms with Gasteiger partial charge in [0, 0.05) is 5.56 Å². The van der Waals surface area contributed by atoms with Gasteiger partial charge in [-0.3, -0.25) is 0 Å². The maximum Gasteiger partial charge on any atom is 0.141 e. The summed E-state index contributed by atoms with van der Waals surface area (Å²) in [6, 6.07) is 4.33. The molecule has 0 aliphatic heterocycles. The number of aromatic amines is 1. The fourth-order valence-corrected chi connectivity index (χ4v) is 1.41. The normalized spacial score (nSPS) is 10.6. The Hall–Kier alpha value is -1.39. The second kappa shape index (κ2) is 4.00. The Morgan fingerprint density at radius 2 is 2.27 bits per heavy atom. The largest absolute Gasteiger partial charge is 0.390 e. The monoisotopic (exact) mass is 226 g/mol. The Bertz CT molecular complexity index is 484. The van der Waals surface area contributed by atoms with Gasteiger partial charge in [0.15, 0.2) is 0 Å². The Morgan fingerprint density at radius 1 is 1.47 bits per heavy atom. The number of aromatic nitrogens is 2.